The minimum atomic E-state index is -0.426. The monoisotopic (exact) mass is 529 g/mol. The van der Waals surface area contributed by atoms with Crippen molar-refractivity contribution in [1.29, 1.82) is 0 Å². The van der Waals surface area contributed by atoms with Crippen LogP contribution in [0.15, 0.2) is 74.7 Å². The predicted octanol–water partition coefficient (Wildman–Crippen LogP) is 6.56. The van der Waals surface area contributed by atoms with E-state index in [9.17, 15) is 4.79 Å². The summed E-state index contributed by atoms with van der Waals surface area (Å²) in [5, 5.41) is 6.80. The highest BCUT2D eigenvalue weighted by Gasteiger charge is 2.05. The number of ether oxygens (including phenoxy) is 1. The van der Waals surface area contributed by atoms with Crippen LogP contribution in [0.25, 0.3) is 0 Å². The lowest BCUT2D eigenvalue weighted by atomic mass is 10.1. The first-order chi connectivity index (χ1) is 14.4. The summed E-state index contributed by atoms with van der Waals surface area (Å²) in [6, 6.07) is 19.0. The molecule has 0 spiro atoms. The van der Waals surface area contributed by atoms with Crippen LogP contribution in [0.3, 0.4) is 0 Å². The van der Waals surface area contributed by atoms with Crippen LogP contribution in [-0.2, 0) is 6.61 Å². The number of nitrogens with one attached hydrogen (secondary N) is 2. The van der Waals surface area contributed by atoms with Crippen LogP contribution in [0.4, 0.5) is 10.5 Å². The molecule has 0 radical (unpaired) electrons. The van der Waals surface area contributed by atoms with Crippen LogP contribution in [0, 0.1) is 13.8 Å². The third-order valence-corrected chi connectivity index (χ3v) is 5.62. The highest BCUT2D eigenvalue weighted by molar-refractivity contribution is 9.10. The van der Waals surface area contributed by atoms with Gasteiger partial charge in [-0.3, -0.25) is 0 Å². The summed E-state index contributed by atoms with van der Waals surface area (Å²) >= 11 is 6.90. The van der Waals surface area contributed by atoms with Gasteiger partial charge < -0.3 is 10.1 Å². The van der Waals surface area contributed by atoms with Gasteiger partial charge in [0.15, 0.2) is 0 Å². The van der Waals surface area contributed by atoms with Crippen LogP contribution >= 0.6 is 31.9 Å². The zero-order valence-corrected chi connectivity index (χ0v) is 19.7. The molecule has 2 amide bonds. The Balaban J connectivity index is 1.63. The van der Waals surface area contributed by atoms with Gasteiger partial charge in [-0.25, -0.2) is 10.2 Å². The number of halogens is 2. The molecule has 30 heavy (non-hydrogen) atoms. The Morgan fingerprint density at radius 1 is 1.07 bits per heavy atom. The molecule has 0 saturated heterocycles. The molecule has 0 aliphatic heterocycles. The number of rotatable bonds is 6. The lowest BCUT2D eigenvalue weighted by Crippen LogP contribution is -2.24. The number of carbonyl (C=O) groups is 1. The van der Waals surface area contributed by atoms with Gasteiger partial charge in [0, 0.05) is 20.2 Å². The van der Waals surface area contributed by atoms with Crippen molar-refractivity contribution in [3.63, 3.8) is 0 Å². The first-order valence-electron chi connectivity index (χ1n) is 9.25. The number of hydrogen-bond donors (Lipinski definition) is 2. The van der Waals surface area contributed by atoms with Gasteiger partial charge in [-0.15, -0.1) is 0 Å². The second-order valence-electron chi connectivity index (χ2n) is 6.75. The molecule has 2 N–H and O–H groups in total. The van der Waals surface area contributed by atoms with Gasteiger partial charge in [-0.2, -0.15) is 5.10 Å². The Kier molecular flexibility index (Phi) is 7.65. The number of urea groups is 1. The first kappa shape index (κ1) is 22.1. The molecule has 3 aromatic carbocycles. The minimum absolute atomic E-state index is 0.426. The number of nitrogens with zero attached hydrogens (tertiary/aromatic N) is 1. The maximum absolute atomic E-state index is 12.1. The number of hydrogen-bond acceptors (Lipinski definition) is 3. The van der Waals surface area contributed by atoms with E-state index in [-0.39, 0.29) is 0 Å². The quantitative estimate of drug-likeness (QED) is 0.280. The van der Waals surface area contributed by atoms with E-state index >= 15 is 0 Å². The Labute approximate surface area is 192 Å². The molecular formula is C23H21Br2N3O2. The predicted molar refractivity (Wildman–Crippen MR) is 128 cm³/mol. The van der Waals surface area contributed by atoms with Gasteiger partial charge in [0.05, 0.1) is 6.21 Å². The Morgan fingerprint density at radius 2 is 1.90 bits per heavy atom. The van der Waals surface area contributed by atoms with E-state index in [4.69, 9.17) is 4.74 Å². The van der Waals surface area contributed by atoms with Gasteiger partial charge in [-0.1, -0.05) is 61.7 Å². The molecule has 0 saturated carbocycles. The summed E-state index contributed by atoms with van der Waals surface area (Å²) in [6.07, 6.45) is 1.56. The second kappa shape index (κ2) is 10.4. The summed E-state index contributed by atoms with van der Waals surface area (Å²) in [5.74, 6) is 0.675. The molecule has 3 aromatic rings. The molecule has 0 aliphatic carbocycles. The van der Waals surface area contributed by atoms with E-state index in [1.54, 1.807) is 6.21 Å². The molecule has 0 bridgehead atoms. The minimum Gasteiger partial charge on any atom is -0.488 e. The van der Waals surface area contributed by atoms with Crippen LogP contribution in [-0.4, -0.2) is 12.2 Å². The highest BCUT2D eigenvalue weighted by Crippen LogP contribution is 2.23. The van der Waals surface area contributed by atoms with Crippen molar-refractivity contribution in [2.75, 3.05) is 5.32 Å². The molecule has 0 aromatic heterocycles. The molecule has 7 heteroatoms. The zero-order valence-electron chi connectivity index (χ0n) is 16.6. The van der Waals surface area contributed by atoms with E-state index < -0.39 is 6.03 Å². The number of benzene rings is 3. The maximum Gasteiger partial charge on any atom is 0.339 e. The van der Waals surface area contributed by atoms with Crippen LogP contribution in [0.2, 0.25) is 0 Å². The third-order valence-electron chi connectivity index (χ3n) is 4.23. The van der Waals surface area contributed by atoms with Crippen LogP contribution in [0.1, 0.15) is 22.3 Å². The summed E-state index contributed by atoms with van der Waals surface area (Å²) in [7, 11) is 0. The molecule has 0 fully saturated rings. The fourth-order valence-corrected chi connectivity index (χ4v) is 3.38. The van der Waals surface area contributed by atoms with Crippen molar-refractivity contribution in [3.8, 4) is 5.75 Å². The van der Waals surface area contributed by atoms with Crippen molar-refractivity contribution in [3.05, 3.63) is 91.9 Å². The smallest absolute Gasteiger partial charge is 0.339 e. The van der Waals surface area contributed by atoms with Gasteiger partial charge in [0.2, 0.25) is 0 Å². The third kappa shape index (κ3) is 6.43. The largest absolute Gasteiger partial charge is 0.488 e. The van der Waals surface area contributed by atoms with Crippen LogP contribution < -0.4 is 15.5 Å². The van der Waals surface area contributed by atoms with E-state index in [2.05, 4.69) is 53.8 Å². The van der Waals surface area contributed by atoms with Crippen molar-refractivity contribution >= 4 is 49.8 Å². The average Bonchev–Trinajstić information content (AvgIpc) is 2.70. The van der Waals surface area contributed by atoms with E-state index in [0.29, 0.717) is 18.0 Å². The molecule has 0 atom stereocenters. The fraction of sp³-hybridized carbons (Fsp3) is 0.130. The second-order valence-corrected chi connectivity index (χ2v) is 8.52. The summed E-state index contributed by atoms with van der Waals surface area (Å²) in [6.45, 7) is 4.45. The molecular weight excluding hydrogens is 510 g/mol. The molecule has 5 nitrogen and oxygen atoms in total. The number of carbonyl (C=O) groups excluding carboxylic acids is 1. The van der Waals surface area contributed by atoms with Crippen molar-refractivity contribution in [2.24, 2.45) is 5.10 Å². The van der Waals surface area contributed by atoms with Crippen LogP contribution in [0.5, 0.6) is 5.75 Å². The van der Waals surface area contributed by atoms with Crippen molar-refractivity contribution in [1.82, 2.24) is 5.43 Å². The average molecular weight is 531 g/mol. The maximum atomic E-state index is 12.1. The lowest BCUT2D eigenvalue weighted by molar-refractivity contribution is 0.252. The summed E-state index contributed by atoms with van der Waals surface area (Å²) in [5.41, 5.74) is 7.21. The SMILES string of the molecule is Cc1cccc(COc2ccc(Br)cc2/C=N/NC(=O)Nc2ccc(Br)c(C)c2)c1. The number of aryl methyl sites for hydroxylation is 2. The Hall–Kier alpha value is -2.64. The lowest BCUT2D eigenvalue weighted by Gasteiger charge is -2.10. The van der Waals surface area contributed by atoms with Gasteiger partial charge in [0.1, 0.15) is 12.4 Å². The fourth-order valence-electron chi connectivity index (χ4n) is 2.76. The number of amides is 2. The van der Waals surface area contributed by atoms with Gasteiger partial charge in [0.25, 0.3) is 0 Å². The topological polar surface area (TPSA) is 62.7 Å². The Morgan fingerprint density at radius 3 is 2.67 bits per heavy atom. The van der Waals surface area contributed by atoms with Gasteiger partial charge >= 0.3 is 6.03 Å². The first-order valence-corrected chi connectivity index (χ1v) is 10.8. The standard InChI is InChI=1S/C23H21Br2N3O2/c1-15-4-3-5-17(10-15)14-30-22-9-6-19(24)12-18(22)13-26-28-23(29)27-20-7-8-21(25)16(2)11-20/h3-13H,14H2,1-2H3,(H2,27,28,29)/b26-13+. The molecule has 154 valence electrons. The van der Waals surface area contributed by atoms with Gasteiger partial charge in [-0.05, 0) is 61.4 Å². The van der Waals surface area contributed by atoms with E-state index in [1.165, 1.54) is 5.56 Å². The number of hydrazone groups is 1. The normalized spacial score (nSPS) is 10.8. The highest BCUT2D eigenvalue weighted by atomic mass is 79.9. The molecule has 0 aliphatic rings. The van der Waals surface area contributed by atoms with E-state index in [1.807, 2.05) is 68.4 Å². The Bertz CT molecular complexity index is 1080. The zero-order chi connectivity index (χ0) is 21.5. The molecule has 3 rings (SSSR count). The number of anilines is 1. The van der Waals surface area contributed by atoms with E-state index in [0.717, 1.165) is 25.6 Å². The summed E-state index contributed by atoms with van der Waals surface area (Å²) in [4.78, 5) is 12.1. The van der Waals surface area contributed by atoms with Crippen molar-refractivity contribution in [2.45, 2.75) is 20.5 Å². The molecule has 0 unspecified atom stereocenters. The van der Waals surface area contributed by atoms with Crippen molar-refractivity contribution < 1.29 is 9.53 Å². The molecule has 0 heterocycles. The summed E-state index contributed by atoms with van der Waals surface area (Å²) < 4.78 is 7.84.